The first-order valence-electron chi connectivity index (χ1n) is 9.53. The van der Waals surface area contributed by atoms with Gasteiger partial charge in [-0.15, -0.1) is 0 Å². The lowest BCUT2D eigenvalue weighted by Crippen LogP contribution is -2.22. The summed E-state index contributed by atoms with van der Waals surface area (Å²) in [6.07, 6.45) is 3.84. The van der Waals surface area contributed by atoms with Crippen molar-refractivity contribution in [1.82, 2.24) is 9.38 Å². The molecule has 0 aliphatic heterocycles. The van der Waals surface area contributed by atoms with E-state index < -0.39 is 11.7 Å². The molecule has 3 heterocycles. The third kappa shape index (κ3) is 4.14. The number of fused-ring (bicyclic) bond motifs is 1. The van der Waals surface area contributed by atoms with Gasteiger partial charge in [0.05, 0.1) is 41.7 Å². The number of nitrogens with zero attached hydrogens (tertiary/aromatic N) is 3. The van der Waals surface area contributed by atoms with Crippen molar-refractivity contribution in [3.8, 4) is 11.9 Å². The van der Waals surface area contributed by atoms with E-state index in [1.807, 2.05) is 34.9 Å². The van der Waals surface area contributed by atoms with E-state index in [0.717, 1.165) is 11.3 Å². The van der Waals surface area contributed by atoms with E-state index in [4.69, 9.17) is 10.00 Å². The number of benzene rings is 1. The third-order valence-corrected chi connectivity index (χ3v) is 4.88. The van der Waals surface area contributed by atoms with Crippen LogP contribution in [0.4, 0.5) is 5.69 Å². The maximum atomic E-state index is 12.9. The summed E-state index contributed by atoms with van der Waals surface area (Å²) < 4.78 is 6.89. The number of hydrogen-bond acceptors (Lipinski definition) is 5. The predicted octanol–water partition coefficient (Wildman–Crippen LogP) is 3.63. The molecule has 3 aromatic heterocycles. The van der Waals surface area contributed by atoms with Gasteiger partial charge in [-0.05, 0) is 42.0 Å². The van der Waals surface area contributed by atoms with Crippen molar-refractivity contribution in [2.75, 3.05) is 12.4 Å². The van der Waals surface area contributed by atoms with Gasteiger partial charge in [-0.2, -0.15) is 5.26 Å². The SMILES string of the molecule is COc1ccc(NC(=O)C(=O)c2cc(Cc3ccc(C#N)cc3)n3ccccc23)cn1. The lowest BCUT2D eigenvalue weighted by atomic mass is 10.1. The number of hydrogen-bond donors (Lipinski definition) is 1. The first kappa shape index (κ1) is 19.9. The minimum absolute atomic E-state index is 0.322. The topological polar surface area (TPSA) is 96.5 Å². The fourth-order valence-electron chi connectivity index (χ4n) is 3.33. The zero-order valence-electron chi connectivity index (χ0n) is 16.7. The summed E-state index contributed by atoms with van der Waals surface area (Å²) >= 11 is 0. The second-order valence-corrected chi connectivity index (χ2v) is 6.86. The monoisotopic (exact) mass is 410 g/mol. The fraction of sp³-hybridized carbons (Fsp3) is 0.0833. The zero-order valence-corrected chi connectivity index (χ0v) is 16.7. The molecule has 1 N–H and O–H groups in total. The van der Waals surface area contributed by atoms with E-state index in [0.29, 0.717) is 34.6 Å². The standard InChI is InChI=1S/C24H18N4O3/c1-31-22-10-9-18(15-26-22)27-24(30)23(29)20-13-19(28-11-3-2-4-21(20)28)12-16-5-7-17(14-25)8-6-16/h2-11,13,15H,12H2,1H3,(H,27,30). The zero-order chi connectivity index (χ0) is 21.8. The van der Waals surface area contributed by atoms with Crippen molar-refractivity contribution in [3.05, 3.63) is 95.4 Å². The van der Waals surface area contributed by atoms with Gasteiger partial charge in [0, 0.05) is 24.4 Å². The summed E-state index contributed by atoms with van der Waals surface area (Å²) in [5.74, 6) is -0.964. The second-order valence-electron chi connectivity index (χ2n) is 6.86. The van der Waals surface area contributed by atoms with Crippen LogP contribution in [0.2, 0.25) is 0 Å². The number of pyridine rings is 2. The molecular weight excluding hydrogens is 392 g/mol. The Morgan fingerprint density at radius 2 is 1.94 bits per heavy atom. The second kappa shape index (κ2) is 8.51. The smallest absolute Gasteiger partial charge is 0.296 e. The predicted molar refractivity (Wildman–Crippen MR) is 115 cm³/mol. The third-order valence-electron chi connectivity index (χ3n) is 4.88. The normalized spacial score (nSPS) is 10.5. The first-order chi connectivity index (χ1) is 15.1. The van der Waals surface area contributed by atoms with Gasteiger partial charge in [-0.1, -0.05) is 18.2 Å². The lowest BCUT2D eigenvalue weighted by Gasteiger charge is -2.05. The lowest BCUT2D eigenvalue weighted by molar-refractivity contribution is -0.112. The molecule has 7 nitrogen and oxygen atoms in total. The molecule has 0 saturated heterocycles. The molecule has 0 aliphatic rings. The van der Waals surface area contributed by atoms with Gasteiger partial charge in [0.15, 0.2) is 0 Å². The average molecular weight is 410 g/mol. The highest BCUT2D eigenvalue weighted by Crippen LogP contribution is 2.21. The number of nitrogens with one attached hydrogen (secondary N) is 1. The number of ketones is 1. The Balaban J connectivity index is 1.61. The van der Waals surface area contributed by atoms with Crippen LogP contribution < -0.4 is 10.1 Å². The van der Waals surface area contributed by atoms with E-state index in [2.05, 4.69) is 16.4 Å². The molecule has 1 amide bonds. The van der Waals surface area contributed by atoms with Gasteiger partial charge in [0.25, 0.3) is 11.7 Å². The van der Waals surface area contributed by atoms with Crippen LogP contribution in [0.25, 0.3) is 5.52 Å². The molecule has 4 aromatic rings. The number of aromatic nitrogens is 2. The van der Waals surface area contributed by atoms with Gasteiger partial charge in [-0.3, -0.25) is 9.59 Å². The van der Waals surface area contributed by atoms with Crippen LogP contribution >= 0.6 is 0 Å². The van der Waals surface area contributed by atoms with Crippen molar-refractivity contribution in [1.29, 1.82) is 5.26 Å². The van der Waals surface area contributed by atoms with Crippen LogP contribution in [0.5, 0.6) is 5.88 Å². The van der Waals surface area contributed by atoms with Gasteiger partial charge in [-0.25, -0.2) is 4.98 Å². The Labute approximate surface area is 178 Å². The highest BCUT2D eigenvalue weighted by atomic mass is 16.5. The number of anilines is 1. The van der Waals surface area contributed by atoms with Crippen LogP contribution in [0.15, 0.2) is 73.1 Å². The van der Waals surface area contributed by atoms with E-state index in [9.17, 15) is 9.59 Å². The molecule has 0 atom stereocenters. The highest BCUT2D eigenvalue weighted by molar-refractivity contribution is 6.47. The Morgan fingerprint density at radius 1 is 1.13 bits per heavy atom. The van der Waals surface area contributed by atoms with Crippen molar-refractivity contribution in [3.63, 3.8) is 0 Å². The molecule has 4 rings (SSSR count). The molecule has 1 aromatic carbocycles. The Bertz CT molecular complexity index is 1300. The summed E-state index contributed by atoms with van der Waals surface area (Å²) in [5, 5.41) is 11.5. The van der Waals surface area contributed by atoms with E-state index in [1.54, 1.807) is 36.4 Å². The average Bonchev–Trinajstić information content (AvgIpc) is 3.18. The van der Waals surface area contributed by atoms with Crippen molar-refractivity contribution >= 4 is 22.9 Å². The number of nitriles is 1. The minimum atomic E-state index is -0.742. The molecule has 0 radical (unpaired) electrons. The van der Waals surface area contributed by atoms with E-state index in [-0.39, 0.29) is 0 Å². The highest BCUT2D eigenvalue weighted by Gasteiger charge is 2.22. The van der Waals surface area contributed by atoms with Gasteiger partial charge in [0.2, 0.25) is 5.88 Å². The summed E-state index contributed by atoms with van der Waals surface area (Å²) in [7, 11) is 1.50. The molecule has 0 bridgehead atoms. The van der Waals surface area contributed by atoms with Crippen LogP contribution in [0.3, 0.4) is 0 Å². The van der Waals surface area contributed by atoms with Crippen molar-refractivity contribution in [2.24, 2.45) is 0 Å². The number of ether oxygens (including phenoxy) is 1. The summed E-state index contributed by atoms with van der Waals surface area (Å²) in [6, 6.07) is 19.8. The maximum Gasteiger partial charge on any atom is 0.296 e. The van der Waals surface area contributed by atoms with Gasteiger partial charge >= 0.3 is 0 Å². The number of carbonyl (C=O) groups is 2. The van der Waals surface area contributed by atoms with Crippen LogP contribution in [0, 0.1) is 11.3 Å². The largest absolute Gasteiger partial charge is 0.481 e. The quantitative estimate of drug-likeness (QED) is 0.387. The van der Waals surface area contributed by atoms with Crippen LogP contribution in [-0.2, 0) is 11.2 Å². The molecule has 31 heavy (non-hydrogen) atoms. The number of rotatable bonds is 6. The van der Waals surface area contributed by atoms with Crippen LogP contribution in [-0.4, -0.2) is 28.2 Å². The van der Waals surface area contributed by atoms with E-state index >= 15 is 0 Å². The molecular formula is C24H18N4O3. The molecule has 0 unspecified atom stereocenters. The Morgan fingerprint density at radius 3 is 2.61 bits per heavy atom. The number of carbonyl (C=O) groups excluding carboxylic acids is 2. The Kier molecular flexibility index (Phi) is 5.45. The summed E-state index contributed by atoms with van der Waals surface area (Å²) in [5.41, 5.74) is 3.82. The minimum Gasteiger partial charge on any atom is -0.481 e. The van der Waals surface area contributed by atoms with Crippen molar-refractivity contribution in [2.45, 2.75) is 6.42 Å². The van der Waals surface area contributed by atoms with Crippen molar-refractivity contribution < 1.29 is 14.3 Å². The Hall–Kier alpha value is -4.44. The maximum absolute atomic E-state index is 12.9. The molecule has 0 aliphatic carbocycles. The molecule has 0 fully saturated rings. The molecule has 152 valence electrons. The van der Waals surface area contributed by atoms with Crippen LogP contribution in [0.1, 0.15) is 27.2 Å². The molecule has 0 saturated carbocycles. The number of methoxy groups -OCH3 is 1. The number of amides is 1. The molecule has 7 heteroatoms. The summed E-state index contributed by atoms with van der Waals surface area (Å²) in [4.78, 5) is 29.5. The van der Waals surface area contributed by atoms with E-state index in [1.165, 1.54) is 13.3 Å². The molecule has 0 spiro atoms. The van der Waals surface area contributed by atoms with Gasteiger partial charge < -0.3 is 14.5 Å². The fourth-order valence-corrected chi connectivity index (χ4v) is 3.33. The summed E-state index contributed by atoms with van der Waals surface area (Å²) in [6.45, 7) is 0. The first-order valence-corrected chi connectivity index (χ1v) is 9.53. The number of Topliss-reactive ketones (excluding diaryl/α,β-unsaturated/α-hetero) is 1. The van der Waals surface area contributed by atoms with Gasteiger partial charge in [0.1, 0.15) is 0 Å².